The minimum absolute atomic E-state index is 0.172. The molecule has 0 heterocycles. The Labute approximate surface area is 126 Å². The van der Waals surface area contributed by atoms with Crippen LogP contribution >= 0.6 is 23.8 Å². The Morgan fingerprint density at radius 1 is 1.32 bits per heavy atom. The van der Waals surface area contributed by atoms with E-state index >= 15 is 0 Å². The maximum absolute atomic E-state index is 5.87. The number of rotatable bonds is 6. The maximum atomic E-state index is 5.87. The molecule has 0 fully saturated rings. The van der Waals surface area contributed by atoms with Crippen LogP contribution in [0.3, 0.4) is 0 Å². The summed E-state index contributed by atoms with van der Waals surface area (Å²) in [7, 11) is 4.14. The lowest BCUT2D eigenvalue weighted by molar-refractivity contribution is 0.400. The zero-order chi connectivity index (χ0) is 14.3. The van der Waals surface area contributed by atoms with Crippen LogP contribution in [0, 0.1) is 0 Å². The summed E-state index contributed by atoms with van der Waals surface area (Å²) in [6.45, 7) is 4.02. The van der Waals surface area contributed by atoms with Crippen molar-refractivity contribution in [3.8, 4) is 0 Å². The van der Waals surface area contributed by atoms with Gasteiger partial charge in [-0.2, -0.15) is 0 Å². The van der Waals surface area contributed by atoms with Gasteiger partial charge in [0.05, 0.1) is 6.04 Å². The zero-order valence-electron chi connectivity index (χ0n) is 11.7. The SMILES string of the molecule is C[C@H](NC(=S)NCCCN(C)C)c1ccc(Cl)cc1. The lowest BCUT2D eigenvalue weighted by Crippen LogP contribution is -2.37. The largest absolute Gasteiger partial charge is 0.363 e. The van der Waals surface area contributed by atoms with E-state index < -0.39 is 0 Å². The summed E-state index contributed by atoms with van der Waals surface area (Å²) in [6.07, 6.45) is 1.07. The molecule has 0 radical (unpaired) electrons. The number of benzene rings is 1. The van der Waals surface area contributed by atoms with Crippen molar-refractivity contribution in [3.63, 3.8) is 0 Å². The molecule has 1 rings (SSSR count). The highest BCUT2D eigenvalue weighted by Crippen LogP contribution is 2.15. The number of nitrogens with zero attached hydrogens (tertiary/aromatic N) is 1. The summed E-state index contributed by atoms with van der Waals surface area (Å²) in [6, 6.07) is 7.97. The molecule has 1 aromatic carbocycles. The van der Waals surface area contributed by atoms with Crippen molar-refractivity contribution in [3.05, 3.63) is 34.9 Å². The monoisotopic (exact) mass is 299 g/mol. The van der Waals surface area contributed by atoms with Crippen molar-refractivity contribution in [1.29, 1.82) is 0 Å². The first-order chi connectivity index (χ1) is 8.99. The molecule has 0 bridgehead atoms. The molecule has 1 aromatic rings. The van der Waals surface area contributed by atoms with E-state index in [9.17, 15) is 0 Å². The van der Waals surface area contributed by atoms with Gasteiger partial charge in [0.1, 0.15) is 0 Å². The number of thiocarbonyl (C=S) groups is 1. The summed E-state index contributed by atoms with van der Waals surface area (Å²) in [5.74, 6) is 0. The zero-order valence-corrected chi connectivity index (χ0v) is 13.3. The summed E-state index contributed by atoms with van der Waals surface area (Å²) < 4.78 is 0. The van der Waals surface area contributed by atoms with E-state index in [2.05, 4.69) is 36.6 Å². The van der Waals surface area contributed by atoms with E-state index in [1.807, 2.05) is 24.3 Å². The summed E-state index contributed by atoms with van der Waals surface area (Å²) in [5, 5.41) is 7.93. The summed E-state index contributed by atoms with van der Waals surface area (Å²) in [4.78, 5) is 2.16. The lowest BCUT2D eigenvalue weighted by atomic mass is 10.1. The number of hydrogen-bond acceptors (Lipinski definition) is 2. The van der Waals surface area contributed by atoms with E-state index in [-0.39, 0.29) is 6.04 Å². The molecule has 0 amide bonds. The quantitative estimate of drug-likeness (QED) is 0.624. The first kappa shape index (κ1) is 16.2. The van der Waals surface area contributed by atoms with Crippen LogP contribution in [0.4, 0.5) is 0 Å². The Morgan fingerprint density at radius 2 is 1.95 bits per heavy atom. The van der Waals surface area contributed by atoms with Crippen LogP contribution in [0.5, 0.6) is 0 Å². The molecular formula is C14H22ClN3S. The predicted octanol–water partition coefficient (Wildman–Crippen LogP) is 2.82. The first-order valence-electron chi connectivity index (χ1n) is 6.43. The van der Waals surface area contributed by atoms with Crippen molar-refractivity contribution >= 4 is 28.9 Å². The van der Waals surface area contributed by atoms with E-state index in [4.69, 9.17) is 23.8 Å². The fraction of sp³-hybridized carbons (Fsp3) is 0.500. The second kappa shape index (κ2) is 8.35. The van der Waals surface area contributed by atoms with Crippen LogP contribution in [-0.4, -0.2) is 37.2 Å². The van der Waals surface area contributed by atoms with Gasteiger partial charge in [0.15, 0.2) is 5.11 Å². The molecule has 1 atom stereocenters. The third kappa shape index (κ3) is 6.76. The third-order valence-electron chi connectivity index (χ3n) is 2.79. The minimum Gasteiger partial charge on any atom is -0.363 e. The van der Waals surface area contributed by atoms with Gasteiger partial charge in [-0.3, -0.25) is 0 Å². The van der Waals surface area contributed by atoms with Gasteiger partial charge in [-0.05, 0) is 63.9 Å². The molecule has 0 aromatic heterocycles. The van der Waals surface area contributed by atoms with E-state index in [0.29, 0.717) is 5.11 Å². The fourth-order valence-corrected chi connectivity index (χ4v) is 2.08. The van der Waals surface area contributed by atoms with E-state index in [0.717, 1.165) is 24.5 Å². The molecule has 106 valence electrons. The van der Waals surface area contributed by atoms with Crippen molar-refractivity contribution < 1.29 is 0 Å². The van der Waals surface area contributed by atoms with E-state index in [1.165, 1.54) is 5.56 Å². The molecule has 5 heteroatoms. The van der Waals surface area contributed by atoms with Gasteiger partial charge >= 0.3 is 0 Å². The van der Waals surface area contributed by atoms with Gasteiger partial charge in [0.2, 0.25) is 0 Å². The Balaban J connectivity index is 2.29. The number of nitrogens with one attached hydrogen (secondary N) is 2. The van der Waals surface area contributed by atoms with Crippen molar-refractivity contribution in [2.75, 3.05) is 27.2 Å². The van der Waals surface area contributed by atoms with Gasteiger partial charge in [0.25, 0.3) is 0 Å². The molecule has 0 aliphatic rings. The smallest absolute Gasteiger partial charge is 0.166 e. The molecule has 2 N–H and O–H groups in total. The van der Waals surface area contributed by atoms with Crippen LogP contribution in [0.1, 0.15) is 24.9 Å². The van der Waals surface area contributed by atoms with Crippen LogP contribution < -0.4 is 10.6 Å². The number of halogens is 1. The van der Waals surface area contributed by atoms with Gasteiger partial charge in [-0.15, -0.1) is 0 Å². The normalized spacial score (nSPS) is 12.3. The fourth-order valence-electron chi connectivity index (χ4n) is 1.68. The Hall–Kier alpha value is -0.840. The lowest BCUT2D eigenvalue weighted by Gasteiger charge is -2.18. The highest BCUT2D eigenvalue weighted by molar-refractivity contribution is 7.80. The third-order valence-corrected chi connectivity index (χ3v) is 3.30. The highest BCUT2D eigenvalue weighted by atomic mass is 35.5. The predicted molar refractivity (Wildman–Crippen MR) is 86.8 cm³/mol. The van der Waals surface area contributed by atoms with E-state index in [1.54, 1.807) is 0 Å². The van der Waals surface area contributed by atoms with Crippen LogP contribution in [0.25, 0.3) is 0 Å². The average Bonchev–Trinajstić information content (AvgIpc) is 2.35. The maximum Gasteiger partial charge on any atom is 0.166 e. The second-order valence-electron chi connectivity index (χ2n) is 4.83. The molecule has 0 aliphatic heterocycles. The highest BCUT2D eigenvalue weighted by Gasteiger charge is 2.06. The minimum atomic E-state index is 0.172. The number of hydrogen-bond donors (Lipinski definition) is 2. The molecular weight excluding hydrogens is 278 g/mol. The Morgan fingerprint density at radius 3 is 2.53 bits per heavy atom. The molecule has 0 saturated carbocycles. The average molecular weight is 300 g/mol. The summed E-state index contributed by atoms with van der Waals surface area (Å²) >= 11 is 11.1. The van der Waals surface area contributed by atoms with Gasteiger partial charge in [-0.25, -0.2) is 0 Å². The van der Waals surface area contributed by atoms with Gasteiger partial charge in [-0.1, -0.05) is 23.7 Å². The Kier molecular flexibility index (Phi) is 7.13. The van der Waals surface area contributed by atoms with Crippen LogP contribution in [0.2, 0.25) is 5.02 Å². The van der Waals surface area contributed by atoms with Crippen LogP contribution in [0.15, 0.2) is 24.3 Å². The molecule has 19 heavy (non-hydrogen) atoms. The van der Waals surface area contributed by atoms with Gasteiger partial charge in [0, 0.05) is 11.6 Å². The van der Waals surface area contributed by atoms with Crippen molar-refractivity contribution in [2.24, 2.45) is 0 Å². The van der Waals surface area contributed by atoms with Gasteiger partial charge < -0.3 is 15.5 Å². The van der Waals surface area contributed by atoms with Crippen molar-refractivity contribution in [1.82, 2.24) is 15.5 Å². The molecule has 0 saturated heterocycles. The topological polar surface area (TPSA) is 27.3 Å². The molecule has 0 spiro atoms. The summed E-state index contributed by atoms with van der Waals surface area (Å²) in [5.41, 5.74) is 1.17. The Bertz CT molecular complexity index is 392. The first-order valence-corrected chi connectivity index (χ1v) is 7.22. The van der Waals surface area contributed by atoms with Crippen molar-refractivity contribution in [2.45, 2.75) is 19.4 Å². The molecule has 3 nitrogen and oxygen atoms in total. The molecule has 0 unspecified atom stereocenters. The second-order valence-corrected chi connectivity index (χ2v) is 5.67. The molecule has 0 aliphatic carbocycles. The van der Waals surface area contributed by atoms with Crippen LogP contribution in [-0.2, 0) is 0 Å². The standard InChI is InChI=1S/C14H22ClN3S/c1-11(12-5-7-13(15)8-6-12)17-14(19)16-9-4-10-18(2)3/h5-8,11H,4,9-10H2,1-3H3,(H2,16,17,19)/t11-/m0/s1.